The molecule has 4 nitrogen and oxygen atoms in total. The number of rotatable bonds is 5. The van der Waals surface area contributed by atoms with Crippen molar-refractivity contribution in [3.05, 3.63) is 0 Å². The van der Waals surface area contributed by atoms with Crippen molar-refractivity contribution in [3.63, 3.8) is 0 Å². The highest BCUT2D eigenvalue weighted by Gasteiger charge is 2.22. The van der Waals surface area contributed by atoms with Gasteiger partial charge in [0.1, 0.15) is 6.61 Å². The lowest BCUT2D eigenvalue weighted by molar-refractivity contribution is -0.153. The van der Waals surface area contributed by atoms with E-state index in [0.29, 0.717) is 13.0 Å². The Labute approximate surface area is 91.4 Å². The average molecular weight is 215 g/mol. The first-order valence-electron chi connectivity index (χ1n) is 5.32. The Morgan fingerprint density at radius 1 is 1.27 bits per heavy atom. The molecule has 0 aromatic carbocycles. The van der Waals surface area contributed by atoms with Crippen molar-refractivity contribution in [2.45, 2.75) is 40.5 Å². The van der Waals surface area contributed by atoms with Gasteiger partial charge in [-0.1, -0.05) is 6.92 Å². The maximum Gasteiger partial charge on any atom is 0.311 e. The molecule has 0 unspecified atom stereocenters. The summed E-state index contributed by atoms with van der Waals surface area (Å²) >= 11 is 0. The molecule has 0 aliphatic rings. The summed E-state index contributed by atoms with van der Waals surface area (Å²) in [6, 6.07) is 0. The molecule has 0 saturated carbocycles. The van der Waals surface area contributed by atoms with Crippen molar-refractivity contribution >= 4 is 11.9 Å². The molecule has 1 N–H and O–H groups in total. The summed E-state index contributed by atoms with van der Waals surface area (Å²) < 4.78 is 4.98. The van der Waals surface area contributed by atoms with Gasteiger partial charge in [-0.05, 0) is 27.2 Å². The van der Waals surface area contributed by atoms with Gasteiger partial charge in [0.2, 0.25) is 5.91 Å². The van der Waals surface area contributed by atoms with Gasteiger partial charge in [0, 0.05) is 6.42 Å². The van der Waals surface area contributed by atoms with Gasteiger partial charge in [0.15, 0.2) is 0 Å². The Bertz CT molecular complexity index is 218. The van der Waals surface area contributed by atoms with Crippen molar-refractivity contribution in [2.24, 2.45) is 5.41 Å². The molecule has 0 aliphatic carbocycles. The molecule has 0 aromatic heterocycles. The number of hydrogen-bond donors (Lipinski definition) is 1. The minimum atomic E-state index is -0.479. The zero-order chi connectivity index (χ0) is 11.9. The summed E-state index contributed by atoms with van der Waals surface area (Å²) in [5.41, 5.74) is -0.479. The van der Waals surface area contributed by atoms with E-state index in [9.17, 15) is 9.59 Å². The van der Waals surface area contributed by atoms with Gasteiger partial charge in [0.05, 0.1) is 12.0 Å². The fourth-order valence-corrected chi connectivity index (χ4v) is 0.866. The summed E-state index contributed by atoms with van der Waals surface area (Å²) in [7, 11) is 0. The van der Waals surface area contributed by atoms with E-state index >= 15 is 0 Å². The number of amides is 1. The molecular weight excluding hydrogens is 194 g/mol. The van der Waals surface area contributed by atoms with Crippen LogP contribution in [-0.4, -0.2) is 25.0 Å². The Morgan fingerprint density at radius 3 is 2.33 bits per heavy atom. The molecule has 0 bridgehead atoms. The van der Waals surface area contributed by atoms with E-state index < -0.39 is 5.41 Å². The Balaban J connectivity index is 3.55. The molecule has 0 saturated heterocycles. The van der Waals surface area contributed by atoms with Gasteiger partial charge in [-0.25, -0.2) is 0 Å². The van der Waals surface area contributed by atoms with E-state index in [-0.39, 0.29) is 18.5 Å². The first-order valence-corrected chi connectivity index (χ1v) is 5.32. The minimum absolute atomic E-state index is 0.00399. The van der Waals surface area contributed by atoms with Crippen LogP contribution in [0, 0.1) is 5.41 Å². The van der Waals surface area contributed by atoms with Crippen LogP contribution in [0.2, 0.25) is 0 Å². The van der Waals surface area contributed by atoms with Crippen LogP contribution in [0.15, 0.2) is 0 Å². The molecule has 0 heterocycles. The summed E-state index contributed by atoms with van der Waals surface area (Å²) in [4.78, 5) is 22.3. The van der Waals surface area contributed by atoms with E-state index in [1.807, 2.05) is 6.92 Å². The zero-order valence-corrected chi connectivity index (χ0v) is 10.1. The number of esters is 1. The van der Waals surface area contributed by atoms with Crippen LogP contribution in [0.5, 0.6) is 0 Å². The number of nitrogens with one attached hydrogen (secondary N) is 1. The van der Waals surface area contributed by atoms with Crippen LogP contribution in [-0.2, 0) is 14.3 Å². The second-order valence-corrected chi connectivity index (χ2v) is 4.49. The quantitative estimate of drug-likeness (QED) is 0.558. The van der Waals surface area contributed by atoms with Crippen LogP contribution in [0.3, 0.4) is 0 Å². The van der Waals surface area contributed by atoms with E-state index in [1.165, 1.54) is 0 Å². The van der Waals surface area contributed by atoms with Crippen LogP contribution in [0.1, 0.15) is 40.5 Å². The lowest BCUT2D eigenvalue weighted by Gasteiger charge is -2.16. The molecular formula is C11H21NO3. The van der Waals surface area contributed by atoms with Gasteiger partial charge in [-0.2, -0.15) is 0 Å². The fraction of sp³-hybridized carbons (Fsp3) is 0.818. The van der Waals surface area contributed by atoms with Crippen LogP contribution < -0.4 is 5.32 Å². The maximum absolute atomic E-state index is 11.3. The zero-order valence-electron chi connectivity index (χ0n) is 10.1. The molecule has 15 heavy (non-hydrogen) atoms. The SMILES string of the molecule is CCCC(=O)NCCOC(=O)C(C)(C)C. The summed E-state index contributed by atoms with van der Waals surface area (Å²) in [6.07, 6.45) is 1.35. The van der Waals surface area contributed by atoms with Crippen LogP contribution in [0.4, 0.5) is 0 Å². The van der Waals surface area contributed by atoms with Crippen LogP contribution >= 0.6 is 0 Å². The van der Waals surface area contributed by atoms with Gasteiger partial charge >= 0.3 is 5.97 Å². The molecule has 0 rings (SSSR count). The maximum atomic E-state index is 11.3. The third-order valence-electron chi connectivity index (χ3n) is 1.75. The van der Waals surface area contributed by atoms with Crippen LogP contribution in [0.25, 0.3) is 0 Å². The van der Waals surface area contributed by atoms with Crippen molar-refractivity contribution in [2.75, 3.05) is 13.2 Å². The van der Waals surface area contributed by atoms with E-state index in [0.717, 1.165) is 6.42 Å². The summed E-state index contributed by atoms with van der Waals surface area (Å²) in [5.74, 6) is -0.239. The normalized spacial score (nSPS) is 10.9. The molecule has 0 aliphatic heterocycles. The third kappa shape index (κ3) is 6.94. The van der Waals surface area contributed by atoms with Gasteiger partial charge in [-0.3, -0.25) is 9.59 Å². The number of hydrogen-bond acceptors (Lipinski definition) is 3. The summed E-state index contributed by atoms with van der Waals surface area (Å²) in [6.45, 7) is 7.96. The standard InChI is InChI=1S/C11H21NO3/c1-5-6-9(13)12-7-8-15-10(14)11(2,3)4/h5-8H2,1-4H3,(H,12,13). The van der Waals surface area contributed by atoms with Gasteiger partial charge in [0.25, 0.3) is 0 Å². The largest absolute Gasteiger partial charge is 0.463 e. The number of carbonyl (C=O) groups excluding carboxylic acids is 2. The fourth-order valence-electron chi connectivity index (χ4n) is 0.866. The summed E-state index contributed by atoms with van der Waals surface area (Å²) in [5, 5.41) is 2.67. The van der Waals surface area contributed by atoms with Crippen molar-refractivity contribution in [1.29, 1.82) is 0 Å². The predicted octanol–water partition coefficient (Wildman–Crippen LogP) is 1.49. The first-order chi connectivity index (χ1) is 6.88. The highest BCUT2D eigenvalue weighted by Crippen LogP contribution is 2.14. The number of carbonyl (C=O) groups is 2. The monoisotopic (exact) mass is 215 g/mol. The smallest absolute Gasteiger partial charge is 0.311 e. The van der Waals surface area contributed by atoms with E-state index in [1.54, 1.807) is 20.8 Å². The topological polar surface area (TPSA) is 55.4 Å². The van der Waals surface area contributed by atoms with Gasteiger partial charge < -0.3 is 10.1 Å². The highest BCUT2D eigenvalue weighted by atomic mass is 16.5. The average Bonchev–Trinajstić information content (AvgIpc) is 2.11. The predicted molar refractivity (Wildman–Crippen MR) is 58.3 cm³/mol. The Morgan fingerprint density at radius 2 is 1.87 bits per heavy atom. The molecule has 0 fully saturated rings. The van der Waals surface area contributed by atoms with Crippen molar-refractivity contribution in [1.82, 2.24) is 5.32 Å². The molecule has 1 amide bonds. The molecule has 0 aromatic rings. The van der Waals surface area contributed by atoms with Gasteiger partial charge in [-0.15, -0.1) is 0 Å². The second kappa shape index (κ2) is 6.43. The molecule has 88 valence electrons. The third-order valence-corrected chi connectivity index (χ3v) is 1.75. The minimum Gasteiger partial charge on any atom is -0.463 e. The molecule has 0 spiro atoms. The molecule has 0 atom stereocenters. The first kappa shape index (κ1) is 13.9. The van der Waals surface area contributed by atoms with Crippen molar-refractivity contribution < 1.29 is 14.3 Å². The highest BCUT2D eigenvalue weighted by molar-refractivity contribution is 5.76. The number of ether oxygens (including phenoxy) is 1. The van der Waals surface area contributed by atoms with Crippen molar-refractivity contribution in [3.8, 4) is 0 Å². The molecule has 4 heteroatoms. The lowest BCUT2D eigenvalue weighted by atomic mass is 9.97. The molecule has 0 radical (unpaired) electrons. The van der Waals surface area contributed by atoms with E-state index in [2.05, 4.69) is 5.32 Å². The second-order valence-electron chi connectivity index (χ2n) is 4.49. The Kier molecular flexibility index (Phi) is 5.97. The lowest BCUT2D eigenvalue weighted by Crippen LogP contribution is -2.30. The Hall–Kier alpha value is -1.06. The van der Waals surface area contributed by atoms with E-state index in [4.69, 9.17) is 4.74 Å².